The van der Waals surface area contributed by atoms with Gasteiger partial charge in [-0.05, 0) is 24.8 Å². The van der Waals surface area contributed by atoms with Crippen molar-refractivity contribution in [2.75, 3.05) is 0 Å². The lowest BCUT2D eigenvalue weighted by atomic mass is 9.79. The molecular weight excluding hydrogens is 260 g/mol. The molecule has 2 heterocycles. The van der Waals surface area contributed by atoms with E-state index in [0.29, 0.717) is 16.2 Å². The van der Waals surface area contributed by atoms with Gasteiger partial charge in [0.25, 0.3) is 0 Å². The fourth-order valence-corrected chi connectivity index (χ4v) is 3.20. The zero-order chi connectivity index (χ0) is 13.4. The zero-order valence-electron chi connectivity index (χ0n) is 10.9. The van der Waals surface area contributed by atoms with Crippen molar-refractivity contribution >= 4 is 28.4 Å². The molecule has 4 heteroatoms. The summed E-state index contributed by atoms with van der Waals surface area (Å²) in [5.41, 5.74) is 1.40. The third kappa shape index (κ3) is 2.27. The predicted octanol–water partition coefficient (Wildman–Crippen LogP) is 4.23. The lowest BCUT2D eigenvalue weighted by Gasteiger charge is -2.24. The molecule has 0 saturated heterocycles. The average molecular weight is 277 g/mol. The fourth-order valence-electron chi connectivity index (χ4n) is 2.95. The summed E-state index contributed by atoms with van der Waals surface area (Å²) in [6, 6.07) is 1.73. The molecule has 0 aromatic carbocycles. The number of Topliss-reactive ketones (excluding diaryl/α,β-unsaturated/α-hetero) is 1. The zero-order valence-corrected chi connectivity index (χ0v) is 11.7. The van der Waals surface area contributed by atoms with Crippen molar-refractivity contribution in [1.29, 1.82) is 0 Å². The summed E-state index contributed by atoms with van der Waals surface area (Å²) in [6.45, 7) is 2.26. The molecule has 100 valence electrons. The number of rotatable bonds is 2. The molecule has 0 radical (unpaired) electrons. The molecule has 0 spiro atoms. The first-order chi connectivity index (χ1) is 9.16. The Hall–Kier alpha value is -1.35. The molecule has 1 N–H and O–H groups in total. The molecule has 0 unspecified atom stereocenters. The number of carbonyl (C=O) groups is 1. The van der Waals surface area contributed by atoms with Crippen molar-refractivity contribution in [2.45, 2.75) is 32.6 Å². The normalized spacial score (nSPS) is 23.7. The number of pyridine rings is 1. The first-order valence-corrected chi connectivity index (χ1v) is 7.20. The molecule has 2 aromatic rings. The minimum Gasteiger partial charge on any atom is -0.345 e. The smallest absolute Gasteiger partial charge is 0.168 e. The second-order valence-electron chi connectivity index (χ2n) is 5.54. The molecule has 1 aliphatic carbocycles. The number of H-pyrrole nitrogens is 1. The van der Waals surface area contributed by atoms with E-state index < -0.39 is 0 Å². The largest absolute Gasteiger partial charge is 0.345 e. The number of ketones is 1. The average Bonchev–Trinajstić information content (AvgIpc) is 2.84. The number of nitrogens with zero attached hydrogens (tertiary/aromatic N) is 1. The lowest BCUT2D eigenvalue weighted by molar-refractivity contribution is 0.0877. The monoisotopic (exact) mass is 276 g/mol. The van der Waals surface area contributed by atoms with E-state index in [4.69, 9.17) is 11.6 Å². The van der Waals surface area contributed by atoms with Crippen molar-refractivity contribution in [2.24, 2.45) is 11.8 Å². The maximum Gasteiger partial charge on any atom is 0.168 e. The molecule has 3 rings (SSSR count). The van der Waals surface area contributed by atoms with Gasteiger partial charge in [0.15, 0.2) is 5.78 Å². The highest BCUT2D eigenvalue weighted by Crippen LogP contribution is 2.33. The Morgan fingerprint density at radius 3 is 2.84 bits per heavy atom. The Kier molecular flexibility index (Phi) is 3.31. The first-order valence-electron chi connectivity index (χ1n) is 6.82. The van der Waals surface area contributed by atoms with E-state index in [0.717, 1.165) is 37.0 Å². The summed E-state index contributed by atoms with van der Waals surface area (Å²) in [7, 11) is 0. The van der Waals surface area contributed by atoms with Crippen LogP contribution in [0, 0.1) is 11.8 Å². The van der Waals surface area contributed by atoms with E-state index in [1.165, 1.54) is 0 Å². The minimum atomic E-state index is 0.145. The van der Waals surface area contributed by atoms with Crippen LogP contribution >= 0.6 is 11.6 Å². The maximum atomic E-state index is 12.6. The van der Waals surface area contributed by atoms with Gasteiger partial charge in [0.2, 0.25) is 0 Å². The van der Waals surface area contributed by atoms with Crippen LogP contribution in [-0.2, 0) is 0 Å². The summed E-state index contributed by atoms with van der Waals surface area (Å²) in [6.07, 6.45) is 7.67. The molecule has 3 nitrogen and oxygen atoms in total. The van der Waals surface area contributed by atoms with Gasteiger partial charge in [-0.1, -0.05) is 31.4 Å². The Bertz CT molecular complexity index is 612. The highest BCUT2D eigenvalue weighted by Gasteiger charge is 2.27. The van der Waals surface area contributed by atoms with Gasteiger partial charge in [-0.3, -0.25) is 4.79 Å². The molecular formula is C15H17ClN2O. The van der Waals surface area contributed by atoms with Gasteiger partial charge in [0.05, 0.1) is 5.02 Å². The van der Waals surface area contributed by atoms with Crippen molar-refractivity contribution in [3.05, 3.63) is 29.0 Å². The van der Waals surface area contributed by atoms with E-state index in [9.17, 15) is 4.79 Å². The van der Waals surface area contributed by atoms with E-state index in [-0.39, 0.29) is 11.7 Å². The van der Waals surface area contributed by atoms with Gasteiger partial charge >= 0.3 is 0 Å². The van der Waals surface area contributed by atoms with Gasteiger partial charge in [-0.2, -0.15) is 0 Å². The standard InChI is InChI=1S/C15H17ClN2O/c1-9-2-4-10(5-3-9)14(19)11-8-18-15-13(11)12(16)6-7-17-15/h6-10H,2-5H2,1H3,(H,17,18). The summed E-state index contributed by atoms with van der Waals surface area (Å²) in [4.78, 5) is 19.9. The minimum absolute atomic E-state index is 0.145. The highest BCUT2D eigenvalue weighted by atomic mass is 35.5. The van der Waals surface area contributed by atoms with Gasteiger partial charge in [0, 0.05) is 29.3 Å². The van der Waals surface area contributed by atoms with Crippen molar-refractivity contribution in [1.82, 2.24) is 9.97 Å². The van der Waals surface area contributed by atoms with E-state index in [1.54, 1.807) is 18.5 Å². The number of fused-ring (bicyclic) bond motifs is 1. The van der Waals surface area contributed by atoms with Crippen LogP contribution in [0.15, 0.2) is 18.5 Å². The molecule has 1 aliphatic rings. The van der Waals surface area contributed by atoms with Gasteiger partial charge in [-0.25, -0.2) is 4.98 Å². The molecule has 2 aromatic heterocycles. The van der Waals surface area contributed by atoms with Crippen LogP contribution < -0.4 is 0 Å². The number of hydrogen-bond donors (Lipinski definition) is 1. The van der Waals surface area contributed by atoms with Crippen LogP contribution in [0.3, 0.4) is 0 Å². The van der Waals surface area contributed by atoms with E-state index >= 15 is 0 Å². The van der Waals surface area contributed by atoms with Crippen LogP contribution in [-0.4, -0.2) is 15.8 Å². The first kappa shape index (κ1) is 12.7. The number of aromatic amines is 1. The van der Waals surface area contributed by atoms with Gasteiger partial charge < -0.3 is 4.98 Å². The second kappa shape index (κ2) is 4.97. The van der Waals surface area contributed by atoms with Crippen molar-refractivity contribution in [3.63, 3.8) is 0 Å². The Labute approximate surface area is 117 Å². The summed E-state index contributed by atoms with van der Waals surface area (Å²) in [5, 5.41) is 1.37. The third-order valence-corrected chi connectivity index (χ3v) is 4.49. The van der Waals surface area contributed by atoms with Crippen LogP contribution in [0.25, 0.3) is 11.0 Å². The van der Waals surface area contributed by atoms with Crippen molar-refractivity contribution in [3.8, 4) is 0 Å². The predicted molar refractivity (Wildman–Crippen MR) is 76.6 cm³/mol. The summed E-state index contributed by atoms with van der Waals surface area (Å²) < 4.78 is 0. The topological polar surface area (TPSA) is 45.8 Å². The molecule has 1 fully saturated rings. The molecule has 19 heavy (non-hydrogen) atoms. The Morgan fingerprint density at radius 2 is 2.11 bits per heavy atom. The van der Waals surface area contributed by atoms with E-state index in [2.05, 4.69) is 16.9 Å². The summed E-state index contributed by atoms with van der Waals surface area (Å²) in [5.74, 6) is 1.11. The number of nitrogens with one attached hydrogen (secondary N) is 1. The SMILES string of the molecule is CC1CCC(C(=O)c2c[nH]c3nccc(Cl)c23)CC1. The number of hydrogen-bond acceptors (Lipinski definition) is 2. The number of carbonyl (C=O) groups excluding carboxylic acids is 1. The Balaban J connectivity index is 1.94. The molecule has 1 saturated carbocycles. The Morgan fingerprint density at radius 1 is 1.37 bits per heavy atom. The van der Waals surface area contributed by atoms with Gasteiger partial charge in [-0.15, -0.1) is 0 Å². The number of aromatic nitrogens is 2. The molecule has 0 aliphatic heterocycles. The summed E-state index contributed by atoms with van der Waals surface area (Å²) >= 11 is 6.20. The van der Waals surface area contributed by atoms with E-state index in [1.807, 2.05) is 0 Å². The second-order valence-corrected chi connectivity index (χ2v) is 5.95. The van der Waals surface area contributed by atoms with Crippen LogP contribution in [0.4, 0.5) is 0 Å². The van der Waals surface area contributed by atoms with Crippen LogP contribution in [0.5, 0.6) is 0 Å². The fraction of sp³-hybridized carbons (Fsp3) is 0.467. The van der Waals surface area contributed by atoms with Crippen LogP contribution in [0.1, 0.15) is 43.0 Å². The van der Waals surface area contributed by atoms with Crippen molar-refractivity contribution < 1.29 is 4.79 Å². The number of halogens is 1. The maximum absolute atomic E-state index is 12.6. The van der Waals surface area contributed by atoms with Gasteiger partial charge in [0.1, 0.15) is 5.65 Å². The highest BCUT2D eigenvalue weighted by molar-refractivity contribution is 6.36. The molecule has 0 amide bonds. The lowest BCUT2D eigenvalue weighted by Crippen LogP contribution is -2.20. The van der Waals surface area contributed by atoms with Crippen LogP contribution in [0.2, 0.25) is 5.02 Å². The quantitative estimate of drug-likeness (QED) is 0.835. The molecule has 0 atom stereocenters. The third-order valence-electron chi connectivity index (χ3n) is 4.17. The molecule has 0 bridgehead atoms.